The van der Waals surface area contributed by atoms with E-state index in [0.717, 1.165) is 22.1 Å². The van der Waals surface area contributed by atoms with Gasteiger partial charge in [-0.2, -0.15) is 0 Å². The number of amides is 1. The summed E-state index contributed by atoms with van der Waals surface area (Å²) in [5.41, 5.74) is 1.57. The lowest BCUT2D eigenvalue weighted by molar-refractivity contribution is 0.0952. The lowest BCUT2D eigenvalue weighted by atomic mass is 10.1. The van der Waals surface area contributed by atoms with E-state index in [2.05, 4.69) is 10.3 Å². The average molecular weight is 292 g/mol. The molecular formula is C18H16N2O2. The molecular weight excluding hydrogens is 276 g/mol. The lowest BCUT2D eigenvalue weighted by Crippen LogP contribution is -2.23. The first kappa shape index (κ1) is 14.1. The van der Waals surface area contributed by atoms with Gasteiger partial charge in [0.25, 0.3) is 5.91 Å². The Morgan fingerprint density at radius 3 is 2.86 bits per heavy atom. The summed E-state index contributed by atoms with van der Waals surface area (Å²) in [6.07, 6.45) is 3.44. The normalized spacial score (nSPS) is 10.4. The zero-order valence-corrected chi connectivity index (χ0v) is 12.2. The zero-order chi connectivity index (χ0) is 15.4. The lowest BCUT2D eigenvalue weighted by Gasteiger charge is -2.10. The molecule has 0 unspecified atom stereocenters. The van der Waals surface area contributed by atoms with Crippen LogP contribution < -0.4 is 10.1 Å². The molecule has 0 aliphatic heterocycles. The van der Waals surface area contributed by atoms with Crippen molar-refractivity contribution in [1.82, 2.24) is 10.3 Å². The molecule has 0 saturated carbocycles. The van der Waals surface area contributed by atoms with Gasteiger partial charge in [-0.1, -0.05) is 30.3 Å². The van der Waals surface area contributed by atoms with E-state index in [-0.39, 0.29) is 5.91 Å². The molecule has 4 heteroatoms. The van der Waals surface area contributed by atoms with Crippen LogP contribution in [0.1, 0.15) is 15.9 Å². The molecule has 0 saturated heterocycles. The summed E-state index contributed by atoms with van der Waals surface area (Å²) < 4.78 is 5.29. The molecule has 1 amide bonds. The van der Waals surface area contributed by atoms with Gasteiger partial charge in [0.2, 0.25) is 0 Å². The quantitative estimate of drug-likeness (QED) is 0.803. The number of ether oxygens (including phenoxy) is 1. The molecule has 0 aliphatic carbocycles. The first-order valence-corrected chi connectivity index (χ1v) is 7.02. The second-order valence-electron chi connectivity index (χ2n) is 4.90. The number of fused-ring (bicyclic) bond motifs is 1. The van der Waals surface area contributed by atoms with Crippen molar-refractivity contribution in [2.24, 2.45) is 0 Å². The van der Waals surface area contributed by atoms with E-state index in [1.165, 1.54) is 0 Å². The second-order valence-corrected chi connectivity index (χ2v) is 4.90. The Morgan fingerprint density at radius 2 is 2.00 bits per heavy atom. The van der Waals surface area contributed by atoms with Crippen LogP contribution in [-0.4, -0.2) is 18.0 Å². The van der Waals surface area contributed by atoms with Crippen molar-refractivity contribution in [2.75, 3.05) is 7.11 Å². The number of aromatic nitrogens is 1. The van der Waals surface area contributed by atoms with Crippen molar-refractivity contribution in [3.05, 3.63) is 72.1 Å². The Hall–Kier alpha value is -2.88. The summed E-state index contributed by atoms with van der Waals surface area (Å²) in [7, 11) is 1.62. The number of rotatable bonds is 4. The highest BCUT2D eigenvalue weighted by Crippen LogP contribution is 2.19. The first-order chi connectivity index (χ1) is 10.8. The summed E-state index contributed by atoms with van der Waals surface area (Å²) in [5, 5.41) is 4.78. The van der Waals surface area contributed by atoms with Gasteiger partial charge in [0.05, 0.1) is 7.11 Å². The average Bonchev–Trinajstić information content (AvgIpc) is 2.59. The second kappa shape index (κ2) is 6.26. The maximum Gasteiger partial charge on any atom is 0.252 e. The zero-order valence-electron chi connectivity index (χ0n) is 12.2. The standard InChI is InChI=1S/C18H16N2O2/c1-22-17-8-3-2-5-14(17)11-20-18(21)15-7-4-6-13-9-10-19-12-16(13)15/h2-10,12H,11H2,1H3,(H,20,21). The van der Waals surface area contributed by atoms with Gasteiger partial charge in [0.15, 0.2) is 0 Å². The largest absolute Gasteiger partial charge is 0.496 e. The van der Waals surface area contributed by atoms with E-state index in [0.29, 0.717) is 12.1 Å². The summed E-state index contributed by atoms with van der Waals surface area (Å²) in [4.78, 5) is 16.6. The summed E-state index contributed by atoms with van der Waals surface area (Å²) in [5.74, 6) is 0.645. The molecule has 0 fully saturated rings. The molecule has 110 valence electrons. The van der Waals surface area contributed by atoms with Crippen molar-refractivity contribution in [2.45, 2.75) is 6.54 Å². The van der Waals surface area contributed by atoms with Crippen molar-refractivity contribution < 1.29 is 9.53 Å². The fourth-order valence-electron chi connectivity index (χ4n) is 2.43. The van der Waals surface area contributed by atoms with Crippen LogP contribution in [0.25, 0.3) is 10.8 Å². The summed E-state index contributed by atoms with van der Waals surface area (Å²) in [6.45, 7) is 0.416. The summed E-state index contributed by atoms with van der Waals surface area (Å²) in [6, 6.07) is 15.2. The molecule has 3 aromatic rings. The molecule has 3 rings (SSSR count). The number of pyridine rings is 1. The molecule has 0 aliphatic rings. The summed E-state index contributed by atoms with van der Waals surface area (Å²) >= 11 is 0. The van der Waals surface area contributed by atoms with E-state index in [9.17, 15) is 4.79 Å². The van der Waals surface area contributed by atoms with Crippen molar-refractivity contribution in [3.63, 3.8) is 0 Å². The maximum atomic E-state index is 12.5. The SMILES string of the molecule is COc1ccccc1CNC(=O)c1cccc2ccncc12. The molecule has 1 heterocycles. The maximum absolute atomic E-state index is 12.5. The highest BCUT2D eigenvalue weighted by atomic mass is 16.5. The minimum absolute atomic E-state index is 0.121. The van der Waals surface area contributed by atoms with Gasteiger partial charge in [0.1, 0.15) is 5.75 Å². The van der Waals surface area contributed by atoms with Crippen LogP contribution >= 0.6 is 0 Å². The number of hydrogen-bond donors (Lipinski definition) is 1. The fraction of sp³-hybridized carbons (Fsp3) is 0.111. The molecule has 0 spiro atoms. The monoisotopic (exact) mass is 292 g/mol. The van der Waals surface area contributed by atoms with Gasteiger partial charge in [-0.05, 0) is 23.6 Å². The molecule has 1 N–H and O–H groups in total. The molecule has 0 atom stereocenters. The minimum Gasteiger partial charge on any atom is -0.496 e. The van der Waals surface area contributed by atoms with Gasteiger partial charge in [-0.25, -0.2) is 0 Å². The van der Waals surface area contributed by atoms with Crippen molar-refractivity contribution in [1.29, 1.82) is 0 Å². The number of nitrogens with zero attached hydrogens (tertiary/aromatic N) is 1. The van der Waals surface area contributed by atoms with Crippen LogP contribution in [0.3, 0.4) is 0 Å². The predicted molar refractivity (Wildman–Crippen MR) is 85.9 cm³/mol. The van der Waals surface area contributed by atoms with Gasteiger partial charge < -0.3 is 10.1 Å². The number of hydrogen-bond acceptors (Lipinski definition) is 3. The number of methoxy groups -OCH3 is 1. The third kappa shape index (κ3) is 2.76. The van der Waals surface area contributed by atoms with Crippen LogP contribution in [0.2, 0.25) is 0 Å². The molecule has 0 radical (unpaired) electrons. The van der Waals surface area contributed by atoms with Crippen molar-refractivity contribution in [3.8, 4) is 5.75 Å². The Labute approximate surface area is 128 Å². The molecule has 4 nitrogen and oxygen atoms in total. The first-order valence-electron chi connectivity index (χ1n) is 7.02. The third-order valence-corrected chi connectivity index (χ3v) is 3.56. The van der Waals surface area contributed by atoms with E-state index in [4.69, 9.17) is 4.74 Å². The topological polar surface area (TPSA) is 51.2 Å². The van der Waals surface area contributed by atoms with Gasteiger partial charge >= 0.3 is 0 Å². The van der Waals surface area contributed by atoms with Crippen LogP contribution in [0, 0.1) is 0 Å². The molecule has 0 bridgehead atoms. The fourth-order valence-corrected chi connectivity index (χ4v) is 2.43. The highest BCUT2D eigenvalue weighted by Gasteiger charge is 2.10. The number of carbonyl (C=O) groups is 1. The molecule has 2 aromatic carbocycles. The molecule has 22 heavy (non-hydrogen) atoms. The Balaban J connectivity index is 1.82. The third-order valence-electron chi connectivity index (χ3n) is 3.56. The number of nitrogens with one attached hydrogen (secondary N) is 1. The Kier molecular flexibility index (Phi) is 4.01. The Morgan fingerprint density at radius 1 is 1.14 bits per heavy atom. The predicted octanol–water partition coefficient (Wildman–Crippen LogP) is 3.17. The number of para-hydroxylation sites is 1. The van der Waals surface area contributed by atoms with Crippen LogP contribution in [0.5, 0.6) is 5.75 Å². The van der Waals surface area contributed by atoms with Crippen LogP contribution in [0.15, 0.2) is 60.9 Å². The minimum atomic E-state index is -0.121. The highest BCUT2D eigenvalue weighted by molar-refractivity contribution is 6.06. The van der Waals surface area contributed by atoms with Crippen LogP contribution in [-0.2, 0) is 6.54 Å². The van der Waals surface area contributed by atoms with E-state index in [1.807, 2.05) is 48.5 Å². The van der Waals surface area contributed by atoms with Gasteiger partial charge in [-0.3, -0.25) is 9.78 Å². The van der Waals surface area contributed by atoms with Crippen LogP contribution in [0.4, 0.5) is 0 Å². The number of carbonyl (C=O) groups excluding carboxylic acids is 1. The molecule has 1 aromatic heterocycles. The van der Waals surface area contributed by atoms with E-state index < -0.39 is 0 Å². The Bertz CT molecular complexity index is 810. The van der Waals surface area contributed by atoms with Gasteiger partial charge in [-0.15, -0.1) is 0 Å². The van der Waals surface area contributed by atoms with E-state index >= 15 is 0 Å². The smallest absolute Gasteiger partial charge is 0.252 e. The number of benzene rings is 2. The van der Waals surface area contributed by atoms with Gasteiger partial charge in [0, 0.05) is 35.5 Å². The van der Waals surface area contributed by atoms with E-state index in [1.54, 1.807) is 19.5 Å². The van der Waals surface area contributed by atoms with Crippen molar-refractivity contribution >= 4 is 16.7 Å².